The second kappa shape index (κ2) is 14.8. The van der Waals surface area contributed by atoms with Crippen molar-refractivity contribution in [3.8, 4) is 22.6 Å². The summed E-state index contributed by atoms with van der Waals surface area (Å²) in [4.78, 5) is 18.4. The summed E-state index contributed by atoms with van der Waals surface area (Å²) >= 11 is 1.53. The zero-order valence-electron chi connectivity index (χ0n) is 29.7. The number of nitrogens with one attached hydrogen (secondary N) is 2. The standard InChI is InChI=1S/C44H45N3O5S/c48-26-28-14-16-32(17-15-28)38-22-37(27-53-43-46-39(33-8-3-1-4-9-33)40(52-43)34-10-5-2-6-11-34)50-41(51-38)35-12-7-13-36(21-35)45-42(49)47-44-23-29-18-30(24-44)20-31(19-29)25-44/h1-17,21,29-31,37-38,41,48H,18-20,22-27H2,(H2,45,47,49)/t29?,30?,31?,37-,38+,41+,44?/m0/s1. The smallest absolute Gasteiger partial charge is 0.319 e. The minimum atomic E-state index is -0.658. The number of hydrogen-bond donors (Lipinski definition) is 3. The summed E-state index contributed by atoms with van der Waals surface area (Å²) in [5.74, 6) is 3.60. The van der Waals surface area contributed by atoms with Gasteiger partial charge >= 0.3 is 6.03 Å². The van der Waals surface area contributed by atoms with Crippen molar-refractivity contribution in [2.24, 2.45) is 17.8 Å². The minimum absolute atomic E-state index is 0.0148. The number of aromatic nitrogens is 1. The topological polar surface area (TPSA) is 106 Å². The van der Waals surface area contributed by atoms with E-state index in [1.807, 2.05) is 109 Å². The van der Waals surface area contributed by atoms with Gasteiger partial charge < -0.3 is 29.6 Å². The molecule has 5 fully saturated rings. The van der Waals surface area contributed by atoms with Crippen molar-refractivity contribution < 1.29 is 23.8 Å². The van der Waals surface area contributed by atoms with Crippen molar-refractivity contribution in [2.75, 3.05) is 11.1 Å². The van der Waals surface area contributed by atoms with E-state index in [1.165, 1.54) is 31.0 Å². The van der Waals surface area contributed by atoms with Crippen LogP contribution in [0.5, 0.6) is 0 Å². The monoisotopic (exact) mass is 727 g/mol. The number of anilines is 1. The van der Waals surface area contributed by atoms with Crippen molar-refractivity contribution in [1.82, 2.24) is 10.3 Å². The van der Waals surface area contributed by atoms with Gasteiger partial charge in [-0.15, -0.1) is 0 Å². The number of urea groups is 1. The van der Waals surface area contributed by atoms with Crippen LogP contribution in [0.4, 0.5) is 10.5 Å². The number of amides is 2. The zero-order chi connectivity index (χ0) is 35.8. The Bertz CT molecular complexity index is 1940. The van der Waals surface area contributed by atoms with Gasteiger partial charge in [-0.2, -0.15) is 0 Å². The van der Waals surface area contributed by atoms with Crippen molar-refractivity contribution in [1.29, 1.82) is 0 Å². The number of hydrogen-bond acceptors (Lipinski definition) is 7. The predicted octanol–water partition coefficient (Wildman–Crippen LogP) is 9.93. The van der Waals surface area contributed by atoms with E-state index in [1.54, 1.807) is 0 Å². The number of benzene rings is 4. The molecule has 10 rings (SSSR count). The predicted molar refractivity (Wildman–Crippen MR) is 206 cm³/mol. The fourth-order valence-corrected chi connectivity index (χ4v) is 10.4. The third-order valence-electron chi connectivity index (χ3n) is 11.5. The van der Waals surface area contributed by atoms with Crippen LogP contribution in [0.15, 0.2) is 119 Å². The molecule has 9 heteroatoms. The number of nitrogens with zero attached hydrogens (tertiary/aromatic N) is 1. The maximum absolute atomic E-state index is 13.4. The molecule has 4 saturated carbocycles. The van der Waals surface area contributed by atoms with Gasteiger partial charge in [-0.1, -0.05) is 109 Å². The number of aliphatic hydroxyl groups excluding tert-OH is 1. The third-order valence-corrected chi connectivity index (χ3v) is 12.5. The highest BCUT2D eigenvalue weighted by Gasteiger charge is 2.51. The van der Waals surface area contributed by atoms with Crippen molar-refractivity contribution in [2.45, 2.75) is 80.8 Å². The molecule has 0 spiro atoms. The Hall–Kier alpha value is -4.41. The van der Waals surface area contributed by atoms with E-state index in [-0.39, 0.29) is 30.4 Å². The molecule has 4 aliphatic carbocycles. The highest BCUT2D eigenvalue weighted by atomic mass is 32.2. The number of aliphatic hydroxyl groups is 1. The lowest BCUT2D eigenvalue weighted by molar-refractivity contribution is -0.245. The normalized spacial score (nSPS) is 27.4. The fourth-order valence-electron chi connectivity index (χ4n) is 9.56. The quantitative estimate of drug-likeness (QED) is 0.123. The first-order valence-electron chi connectivity index (χ1n) is 18.9. The number of rotatable bonds is 10. The molecule has 0 radical (unpaired) electrons. The van der Waals surface area contributed by atoms with E-state index in [4.69, 9.17) is 18.9 Å². The van der Waals surface area contributed by atoms with E-state index >= 15 is 0 Å². The molecule has 8 nitrogen and oxygen atoms in total. The molecule has 1 aliphatic heterocycles. The van der Waals surface area contributed by atoms with E-state index in [2.05, 4.69) is 10.6 Å². The number of thioether (sulfide) groups is 1. The first-order valence-corrected chi connectivity index (χ1v) is 19.9. The van der Waals surface area contributed by atoms with Crippen LogP contribution in [0.2, 0.25) is 0 Å². The second-order valence-corrected chi connectivity index (χ2v) is 16.4. The Morgan fingerprint density at radius 1 is 0.774 bits per heavy atom. The van der Waals surface area contributed by atoms with E-state index in [9.17, 15) is 9.90 Å². The van der Waals surface area contributed by atoms with E-state index < -0.39 is 6.29 Å². The summed E-state index contributed by atoms with van der Waals surface area (Å²) in [5, 5.41) is 16.8. The molecule has 5 aliphatic rings. The van der Waals surface area contributed by atoms with Crippen molar-refractivity contribution in [3.05, 3.63) is 126 Å². The molecular formula is C44H45N3O5S. The lowest BCUT2D eigenvalue weighted by atomic mass is 9.53. The maximum Gasteiger partial charge on any atom is 0.319 e. The summed E-state index contributed by atoms with van der Waals surface area (Å²) in [6.07, 6.45) is 6.84. The molecule has 3 atom stereocenters. The Balaban J connectivity index is 0.931. The van der Waals surface area contributed by atoms with Gasteiger partial charge in [0.25, 0.3) is 5.22 Å². The van der Waals surface area contributed by atoms with Crippen LogP contribution < -0.4 is 10.6 Å². The Morgan fingerprint density at radius 2 is 1.45 bits per heavy atom. The largest absolute Gasteiger partial charge is 0.431 e. The first kappa shape index (κ1) is 34.4. The highest BCUT2D eigenvalue weighted by Crippen LogP contribution is 2.55. The third kappa shape index (κ3) is 7.53. The second-order valence-electron chi connectivity index (χ2n) is 15.5. The number of carbonyl (C=O) groups excluding carboxylic acids is 1. The lowest BCUT2D eigenvalue weighted by Crippen LogP contribution is -2.60. The molecule has 1 aromatic heterocycles. The minimum Gasteiger partial charge on any atom is -0.431 e. The molecular weight excluding hydrogens is 683 g/mol. The highest BCUT2D eigenvalue weighted by molar-refractivity contribution is 7.99. The molecule has 1 saturated heterocycles. The van der Waals surface area contributed by atoms with Crippen molar-refractivity contribution in [3.63, 3.8) is 0 Å². The Morgan fingerprint density at radius 3 is 2.13 bits per heavy atom. The summed E-state index contributed by atoms with van der Waals surface area (Å²) in [6, 6.07) is 35.7. The molecule has 4 aromatic carbocycles. The molecule has 53 heavy (non-hydrogen) atoms. The van der Waals surface area contributed by atoms with Crippen molar-refractivity contribution >= 4 is 23.5 Å². The van der Waals surface area contributed by atoms with Crippen LogP contribution in [0.3, 0.4) is 0 Å². The first-order chi connectivity index (χ1) is 26.0. The molecule has 5 aromatic rings. The van der Waals surface area contributed by atoms with Gasteiger partial charge in [0.15, 0.2) is 12.1 Å². The van der Waals surface area contributed by atoms with Crippen LogP contribution in [0.25, 0.3) is 22.6 Å². The Labute approximate surface area is 314 Å². The Kier molecular flexibility index (Phi) is 9.59. The average Bonchev–Trinajstić information content (AvgIpc) is 3.61. The van der Waals surface area contributed by atoms with Gasteiger partial charge in [-0.3, -0.25) is 0 Å². The van der Waals surface area contributed by atoms with Crippen LogP contribution in [-0.4, -0.2) is 33.5 Å². The molecule has 2 amide bonds. The molecule has 272 valence electrons. The molecule has 2 heterocycles. The summed E-state index contributed by atoms with van der Waals surface area (Å²) in [6.45, 7) is -0.0148. The summed E-state index contributed by atoms with van der Waals surface area (Å²) in [5.41, 5.74) is 6.12. The van der Waals surface area contributed by atoms with E-state index in [0.29, 0.717) is 23.1 Å². The van der Waals surface area contributed by atoms with Gasteiger partial charge in [-0.05, 0) is 79.5 Å². The molecule has 0 unspecified atom stereocenters. The van der Waals surface area contributed by atoms with Crippen LogP contribution in [0, 0.1) is 17.8 Å². The number of ether oxygens (including phenoxy) is 2. The zero-order valence-corrected chi connectivity index (χ0v) is 30.5. The molecule has 4 bridgehead atoms. The van der Waals surface area contributed by atoms with Gasteiger partial charge in [-0.25, -0.2) is 9.78 Å². The van der Waals surface area contributed by atoms with Crippen LogP contribution in [-0.2, 0) is 16.1 Å². The van der Waals surface area contributed by atoms with Gasteiger partial charge in [0.1, 0.15) is 5.69 Å². The average molecular weight is 728 g/mol. The fraction of sp³-hybridized carbons (Fsp3) is 0.364. The van der Waals surface area contributed by atoms with Gasteiger partial charge in [0.05, 0.1) is 18.8 Å². The van der Waals surface area contributed by atoms with Gasteiger partial charge in [0.2, 0.25) is 0 Å². The van der Waals surface area contributed by atoms with E-state index in [0.717, 1.165) is 76.3 Å². The van der Waals surface area contributed by atoms with Crippen LogP contribution in [0.1, 0.15) is 74.0 Å². The summed E-state index contributed by atoms with van der Waals surface area (Å²) in [7, 11) is 0. The molecule has 3 N–H and O–H groups in total. The SMILES string of the molecule is O=C(Nc1cccc([C@@H]2O[C@H](CSc3nc(-c4ccccc4)c(-c4ccccc4)o3)C[C@H](c3ccc(CO)cc3)O2)c1)NC12CC3CC(CC(C3)C1)C2. The van der Waals surface area contributed by atoms with Crippen LogP contribution >= 0.6 is 11.8 Å². The summed E-state index contributed by atoms with van der Waals surface area (Å²) < 4.78 is 19.7. The number of oxazole rings is 1. The maximum atomic E-state index is 13.4. The number of carbonyl (C=O) groups is 1. The lowest BCUT2D eigenvalue weighted by Gasteiger charge is -2.56. The van der Waals surface area contributed by atoms with Gasteiger partial charge in [0, 0.05) is 40.1 Å².